The Morgan fingerprint density at radius 1 is 1.56 bits per heavy atom. The molecule has 4 N–H and O–H groups in total. The molecule has 0 atom stereocenters. The first-order valence-corrected chi connectivity index (χ1v) is 5.99. The molecule has 1 aromatic carbocycles. The summed E-state index contributed by atoms with van der Waals surface area (Å²) in [5, 5.41) is 12.2. The second kappa shape index (κ2) is 4.86. The number of methoxy groups -OCH3 is 1. The molecule has 1 aliphatic carbocycles. The number of rotatable bonds is 5. The topological polar surface area (TPSA) is 84.6 Å². The molecule has 1 aliphatic rings. The quantitative estimate of drug-likeness (QED) is 0.695. The van der Waals surface area contributed by atoms with Crippen molar-refractivity contribution in [3.8, 4) is 0 Å². The van der Waals surface area contributed by atoms with Crippen LogP contribution in [-0.2, 0) is 4.74 Å². The second-order valence-corrected chi connectivity index (χ2v) is 4.67. The number of hydrogen-bond donors (Lipinski definition) is 3. The minimum atomic E-state index is -1.01. The molecule has 1 aromatic rings. The van der Waals surface area contributed by atoms with E-state index in [0.717, 1.165) is 12.8 Å². The van der Waals surface area contributed by atoms with Crippen LogP contribution in [0.15, 0.2) is 18.2 Å². The van der Waals surface area contributed by atoms with E-state index in [1.54, 1.807) is 19.2 Å². The highest BCUT2D eigenvalue weighted by Crippen LogP contribution is 2.35. The van der Waals surface area contributed by atoms with Gasteiger partial charge in [-0.3, -0.25) is 0 Å². The van der Waals surface area contributed by atoms with Crippen LogP contribution in [0.5, 0.6) is 0 Å². The minimum Gasteiger partial charge on any atom is -0.478 e. The molecule has 5 nitrogen and oxygen atoms in total. The van der Waals surface area contributed by atoms with Crippen LogP contribution >= 0.6 is 0 Å². The molecule has 18 heavy (non-hydrogen) atoms. The van der Waals surface area contributed by atoms with Crippen molar-refractivity contribution in [3.63, 3.8) is 0 Å². The first-order chi connectivity index (χ1) is 8.58. The molecule has 98 valence electrons. The zero-order valence-corrected chi connectivity index (χ0v) is 10.4. The van der Waals surface area contributed by atoms with Crippen LogP contribution in [-0.4, -0.2) is 30.3 Å². The van der Waals surface area contributed by atoms with E-state index < -0.39 is 5.97 Å². The van der Waals surface area contributed by atoms with Crippen molar-refractivity contribution in [2.75, 3.05) is 24.7 Å². The maximum atomic E-state index is 11.0. The second-order valence-electron chi connectivity index (χ2n) is 4.67. The molecule has 1 fully saturated rings. The summed E-state index contributed by atoms with van der Waals surface area (Å²) in [6, 6.07) is 4.96. The number of anilines is 2. The normalized spacial score (nSPS) is 16.9. The van der Waals surface area contributed by atoms with E-state index in [4.69, 9.17) is 15.6 Å². The molecule has 0 aliphatic heterocycles. The van der Waals surface area contributed by atoms with Crippen LogP contribution in [0.1, 0.15) is 29.6 Å². The summed E-state index contributed by atoms with van der Waals surface area (Å²) >= 11 is 0. The lowest BCUT2D eigenvalue weighted by molar-refractivity contribution is -0.0601. The molecule has 5 heteroatoms. The van der Waals surface area contributed by atoms with E-state index in [1.807, 2.05) is 0 Å². The minimum absolute atomic E-state index is 0.119. The zero-order chi connectivity index (χ0) is 13.2. The molecule has 1 saturated carbocycles. The summed E-state index contributed by atoms with van der Waals surface area (Å²) < 4.78 is 5.49. The van der Waals surface area contributed by atoms with E-state index >= 15 is 0 Å². The number of aromatic carboxylic acids is 1. The van der Waals surface area contributed by atoms with E-state index in [-0.39, 0.29) is 16.9 Å². The van der Waals surface area contributed by atoms with Gasteiger partial charge < -0.3 is 20.9 Å². The fraction of sp³-hybridized carbons (Fsp3) is 0.462. The zero-order valence-electron chi connectivity index (χ0n) is 10.4. The average Bonchev–Trinajstić information content (AvgIpc) is 2.29. The first-order valence-electron chi connectivity index (χ1n) is 5.99. The number of carboxylic acids is 1. The highest BCUT2D eigenvalue weighted by atomic mass is 16.5. The smallest absolute Gasteiger partial charge is 0.337 e. The van der Waals surface area contributed by atoms with Gasteiger partial charge in [0.25, 0.3) is 0 Å². The summed E-state index contributed by atoms with van der Waals surface area (Å²) in [4.78, 5) is 11.0. The third kappa shape index (κ3) is 2.26. The Balaban J connectivity index is 2.10. The number of ether oxygens (including phenoxy) is 1. The summed E-state index contributed by atoms with van der Waals surface area (Å²) in [6.45, 7) is 0.650. The Labute approximate surface area is 106 Å². The Kier molecular flexibility index (Phi) is 3.43. The van der Waals surface area contributed by atoms with Gasteiger partial charge in [-0.15, -0.1) is 0 Å². The van der Waals surface area contributed by atoms with Crippen LogP contribution < -0.4 is 11.1 Å². The van der Waals surface area contributed by atoms with Gasteiger partial charge in [-0.25, -0.2) is 4.79 Å². The van der Waals surface area contributed by atoms with Gasteiger partial charge in [-0.2, -0.15) is 0 Å². The summed E-state index contributed by atoms with van der Waals surface area (Å²) in [7, 11) is 1.71. The summed E-state index contributed by atoms with van der Waals surface area (Å²) in [6.07, 6.45) is 3.21. The Bertz CT molecular complexity index is 450. The standard InChI is InChI=1S/C13H18N2O3/c1-18-13(6-3-7-13)8-15-10-5-2-4-9(11(10)14)12(16)17/h2,4-5,15H,3,6-8,14H2,1H3,(H,16,17). The van der Waals surface area contributed by atoms with Gasteiger partial charge in [0.15, 0.2) is 0 Å². The maximum Gasteiger partial charge on any atom is 0.337 e. The first kappa shape index (κ1) is 12.7. The van der Waals surface area contributed by atoms with Crippen LogP contribution in [0.25, 0.3) is 0 Å². The molecule has 0 bridgehead atoms. The Hall–Kier alpha value is -1.75. The van der Waals surface area contributed by atoms with Gasteiger partial charge in [0.05, 0.1) is 22.5 Å². The van der Waals surface area contributed by atoms with E-state index in [2.05, 4.69) is 5.32 Å². The molecule has 2 rings (SSSR count). The molecule has 0 saturated heterocycles. The Morgan fingerprint density at radius 2 is 2.28 bits per heavy atom. The molecule has 0 aromatic heterocycles. The van der Waals surface area contributed by atoms with Gasteiger partial charge in [-0.1, -0.05) is 6.07 Å². The Morgan fingerprint density at radius 3 is 2.78 bits per heavy atom. The molecule has 0 amide bonds. The number of nitrogens with two attached hydrogens (primary N) is 1. The van der Waals surface area contributed by atoms with Gasteiger partial charge in [0.1, 0.15) is 0 Å². The van der Waals surface area contributed by atoms with Crippen molar-refractivity contribution in [3.05, 3.63) is 23.8 Å². The van der Waals surface area contributed by atoms with Crippen molar-refractivity contribution in [1.82, 2.24) is 0 Å². The highest BCUT2D eigenvalue weighted by Gasteiger charge is 2.36. The van der Waals surface area contributed by atoms with Crippen molar-refractivity contribution >= 4 is 17.3 Å². The predicted octanol–water partition coefficient (Wildman–Crippen LogP) is 1.95. The summed E-state index contributed by atoms with van der Waals surface area (Å²) in [5.74, 6) is -1.01. The van der Waals surface area contributed by atoms with Crippen molar-refractivity contribution in [1.29, 1.82) is 0 Å². The predicted molar refractivity (Wildman–Crippen MR) is 69.9 cm³/mol. The van der Waals surface area contributed by atoms with Crippen molar-refractivity contribution in [2.24, 2.45) is 0 Å². The third-order valence-corrected chi connectivity index (χ3v) is 3.64. The van der Waals surface area contributed by atoms with Gasteiger partial charge in [0.2, 0.25) is 0 Å². The number of nitrogens with one attached hydrogen (secondary N) is 1. The molecule has 0 heterocycles. The fourth-order valence-corrected chi connectivity index (χ4v) is 2.19. The van der Waals surface area contributed by atoms with Crippen LogP contribution in [0.3, 0.4) is 0 Å². The lowest BCUT2D eigenvalue weighted by atomic mass is 9.80. The number of nitrogen functional groups attached to an aromatic ring is 1. The number of carboxylic acid groups (broad SMARTS) is 1. The number of para-hydroxylation sites is 1. The van der Waals surface area contributed by atoms with Crippen molar-refractivity contribution in [2.45, 2.75) is 24.9 Å². The van der Waals surface area contributed by atoms with Crippen molar-refractivity contribution < 1.29 is 14.6 Å². The van der Waals surface area contributed by atoms with E-state index in [1.165, 1.54) is 12.5 Å². The van der Waals surface area contributed by atoms with Crippen LogP contribution in [0.2, 0.25) is 0 Å². The van der Waals surface area contributed by atoms with Crippen LogP contribution in [0.4, 0.5) is 11.4 Å². The highest BCUT2D eigenvalue weighted by molar-refractivity contribution is 5.97. The number of hydrogen-bond acceptors (Lipinski definition) is 4. The van der Waals surface area contributed by atoms with Gasteiger partial charge in [0, 0.05) is 13.7 Å². The lowest BCUT2D eigenvalue weighted by Crippen LogP contribution is -2.45. The maximum absolute atomic E-state index is 11.0. The SMILES string of the molecule is COC1(CNc2cccc(C(=O)O)c2N)CCC1. The molecule has 0 radical (unpaired) electrons. The fourth-order valence-electron chi connectivity index (χ4n) is 2.19. The lowest BCUT2D eigenvalue weighted by Gasteiger charge is -2.40. The monoisotopic (exact) mass is 250 g/mol. The average molecular weight is 250 g/mol. The number of carbonyl (C=O) groups is 1. The third-order valence-electron chi connectivity index (χ3n) is 3.64. The summed E-state index contributed by atoms with van der Waals surface area (Å²) in [5.41, 5.74) is 6.76. The molecular formula is C13H18N2O3. The molecule has 0 unspecified atom stereocenters. The van der Waals surface area contributed by atoms with Gasteiger partial charge >= 0.3 is 5.97 Å². The molecule has 0 spiro atoms. The van der Waals surface area contributed by atoms with Gasteiger partial charge in [-0.05, 0) is 31.4 Å². The van der Waals surface area contributed by atoms with Crippen LogP contribution in [0, 0.1) is 0 Å². The largest absolute Gasteiger partial charge is 0.478 e. The van der Waals surface area contributed by atoms with E-state index in [0.29, 0.717) is 12.2 Å². The van der Waals surface area contributed by atoms with E-state index in [9.17, 15) is 4.79 Å². The molecular weight excluding hydrogens is 232 g/mol. The number of benzene rings is 1.